The highest BCUT2D eigenvalue weighted by Gasteiger charge is 2.35. The average molecular weight is 548 g/mol. The number of aromatic amines is 2. The van der Waals surface area contributed by atoms with Crippen LogP contribution in [0.4, 0.5) is 24.5 Å². The normalized spacial score (nSPS) is 16.1. The Hall–Kier alpha value is -4.38. The number of likely N-dealkylation sites (N-methyl/N-ethyl adjacent to an activating group) is 1. The van der Waals surface area contributed by atoms with Crippen LogP contribution in [0.3, 0.4) is 0 Å². The molecule has 3 aromatic carbocycles. The van der Waals surface area contributed by atoms with E-state index in [1.807, 2.05) is 44.0 Å². The number of halogens is 3. The van der Waals surface area contributed by atoms with Crippen LogP contribution in [-0.2, 0) is 6.18 Å². The Bertz CT molecular complexity index is 1740. The van der Waals surface area contributed by atoms with Crippen molar-refractivity contribution in [1.29, 1.82) is 0 Å². The average Bonchev–Trinajstić information content (AvgIpc) is 3.55. The number of hydrogen-bond donors (Lipinski definition) is 3. The molecule has 0 atom stereocenters. The van der Waals surface area contributed by atoms with E-state index in [4.69, 9.17) is 0 Å². The molecule has 1 fully saturated rings. The lowest BCUT2D eigenvalue weighted by molar-refractivity contribution is -0.137. The first-order valence-corrected chi connectivity index (χ1v) is 12.9. The molecule has 0 aliphatic carbocycles. The van der Waals surface area contributed by atoms with Gasteiger partial charge in [-0.2, -0.15) is 18.3 Å². The minimum absolute atomic E-state index is 0.0557. The van der Waals surface area contributed by atoms with E-state index in [1.165, 1.54) is 6.07 Å². The molecule has 0 spiro atoms. The number of alkyl halides is 3. The molecule has 40 heavy (non-hydrogen) atoms. The van der Waals surface area contributed by atoms with Gasteiger partial charge in [0.1, 0.15) is 5.82 Å². The highest BCUT2D eigenvalue weighted by Crippen LogP contribution is 2.35. The zero-order valence-electron chi connectivity index (χ0n) is 22.2. The molecular formula is C29H28F3N7O. The zero-order chi connectivity index (χ0) is 28.2. The first-order valence-electron chi connectivity index (χ1n) is 12.9. The number of nitrogens with one attached hydrogen (secondary N) is 3. The molecule has 0 bridgehead atoms. The van der Waals surface area contributed by atoms with Crippen molar-refractivity contribution in [1.82, 2.24) is 25.1 Å². The summed E-state index contributed by atoms with van der Waals surface area (Å²) >= 11 is 0. The Labute approximate surface area is 228 Å². The molecule has 3 N–H and O–H groups in total. The Balaban J connectivity index is 1.28. The van der Waals surface area contributed by atoms with Gasteiger partial charge in [0.25, 0.3) is 5.91 Å². The van der Waals surface area contributed by atoms with Crippen molar-refractivity contribution in [3.63, 3.8) is 0 Å². The van der Waals surface area contributed by atoms with E-state index in [0.29, 0.717) is 47.9 Å². The molecular weight excluding hydrogens is 519 g/mol. The van der Waals surface area contributed by atoms with E-state index in [9.17, 15) is 18.0 Å². The molecule has 0 unspecified atom stereocenters. The molecule has 6 rings (SSSR count). The number of anilines is 2. The lowest BCUT2D eigenvalue weighted by Crippen LogP contribution is -2.57. The summed E-state index contributed by atoms with van der Waals surface area (Å²) in [6, 6.07) is 14.5. The zero-order valence-corrected chi connectivity index (χ0v) is 22.2. The molecule has 3 heterocycles. The van der Waals surface area contributed by atoms with Crippen LogP contribution >= 0.6 is 0 Å². The van der Waals surface area contributed by atoms with E-state index >= 15 is 0 Å². The number of amides is 1. The second-order valence-corrected chi connectivity index (χ2v) is 10.9. The van der Waals surface area contributed by atoms with Crippen molar-refractivity contribution in [2.24, 2.45) is 0 Å². The van der Waals surface area contributed by atoms with Gasteiger partial charge < -0.3 is 15.2 Å². The van der Waals surface area contributed by atoms with Gasteiger partial charge in [-0.25, -0.2) is 4.98 Å². The molecule has 1 saturated heterocycles. The molecule has 0 saturated carbocycles. The maximum atomic E-state index is 13.8. The third kappa shape index (κ3) is 4.88. The Morgan fingerprint density at radius 1 is 1.02 bits per heavy atom. The Morgan fingerprint density at radius 3 is 2.62 bits per heavy atom. The second kappa shape index (κ2) is 9.37. The number of piperazine rings is 1. The first kappa shape index (κ1) is 25.9. The number of aromatic nitrogens is 4. The van der Waals surface area contributed by atoms with Crippen molar-refractivity contribution in [3.05, 3.63) is 71.9 Å². The smallest absolute Gasteiger partial charge is 0.368 e. The predicted molar refractivity (Wildman–Crippen MR) is 150 cm³/mol. The number of imidazole rings is 1. The molecule has 0 radical (unpaired) electrons. The van der Waals surface area contributed by atoms with Gasteiger partial charge >= 0.3 is 6.18 Å². The van der Waals surface area contributed by atoms with E-state index in [0.717, 1.165) is 28.6 Å². The summed E-state index contributed by atoms with van der Waals surface area (Å²) in [5.74, 6) is 0.0251. The fraction of sp³-hybridized carbons (Fsp3) is 0.276. The van der Waals surface area contributed by atoms with Crippen LogP contribution in [0.15, 0.2) is 60.8 Å². The molecule has 206 valence electrons. The second-order valence-electron chi connectivity index (χ2n) is 10.9. The number of H-pyrrole nitrogens is 2. The van der Waals surface area contributed by atoms with E-state index in [1.54, 1.807) is 24.4 Å². The van der Waals surface area contributed by atoms with E-state index in [2.05, 4.69) is 30.4 Å². The van der Waals surface area contributed by atoms with Gasteiger partial charge in [-0.1, -0.05) is 12.1 Å². The van der Waals surface area contributed by atoms with Gasteiger partial charge in [0.15, 0.2) is 0 Å². The molecule has 5 aromatic rings. The maximum Gasteiger partial charge on any atom is 0.416 e. The highest BCUT2D eigenvalue weighted by molar-refractivity contribution is 6.05. The molecule has 11 heteroatoms. The van der Waals surface area contributed by atoms with Crippen molar-refractivity contribution >= 4 is 39.2 Å². The molecule has 8 nitrogen and oxygen atoms in total. The molecule has 2 aromatic heterocycles. The van der Waals surface area contributed by atoms with Crippen LogP contribution in [0.25, 0.3) is 33.3 Å². The van der Waals surface area contributed by atoms with Crippen molar-refractivity contribution in [2.45, 2.75) is 25.6 Å². The van der Waals surface area contributed by atoms with Crippen molar-refractivity contribution in [3.8, 4) is 11.4 Å². The molecule has 1 aliphatic heterocycles. The van der Waals surface area contributed by atoms with Crippen LogP contribution in [0.5, 0.6) is 0 Å². The molecule has 1 aliphatic rings. The van der Waals surface area contributed by atoms with Crippen LogP contribution in [0.2, 0.25) is 0 Å². The van der Waals surface area contributed by atoms with Crippen molar-refractivity contribution < 1.29 is 18.0 Å². The van der Waals surface area contributed by atoms with E-state index in [-0.39, 0.29) is 11.1 Å². The van der Waals surface area contributed by atoms with Crippen LogP contribution < -0.4 is 10.2 Å². The fourth-order valence-corrected chi connectivity index (χ4v) is 5.06. The number of benzene rings is 3. The highest BCUT2D eigenvalue weighted by atomic mass is 19.4. The third-order valence-electron chi connectivity index (χ3n) is 7.64. The summed E-state index contributed by atoms with van der Waals surface area (Å²) < 4.78 is 41.5. The topological polar surface area (TPSA) is 92.9 Å². The fourth-order valence-electron chi connectivity index (χ4n) is 5.06. The van der Waals surface area contributed by atoms with Crippen LogP contribution in [-0.4, -0.2) is 63.2 Å². The minimum atomic E-state index is -4.59. The summed E-state index contributed by atoms with van der Waals surface area (Å²) in [7, 11) is 2.00. The maximum absolute atomic E-state index is 13.8. The summed E-state index contributed by atoms with van der Waals surface area (Å²) in [5.41, 5.74) is 2.81. The Kier molecular flexibility index (Phi) is 6.06. The lowest BCUT2D eigenvalue weighted by Gasteiger charge is -2.46. The monoisotopic (exact) mass is 547 g/mol. The van der Waals surface area contributed by atoms with Gasteiger partial charge in [0.2, 0.25) is 0 Å². The standard InChI is InChI=1S/C29H28F3N7O/c1-28(2)16-39(9-8-38(28)3)22-11-19(10-20(13-22)29(30,31)32)27(40)34-21-6-7-23-25(14-21)36-26(35-23)17-4-5-18-15-33-37-24(18)12-17/h4-7,10-15H,8-9,16H2,1-3H3,(H,33,37)(H,34,40)(H,35,36). The number of fused-ring (bicyclic) bond motifs is 2. The molecule has 1 amide bonds. The minimum Gasteiger partial charge on any atom is -0.368 e. The van der Waals surface area contributed by atoms with Gasteiger partial charge in [0.05, 0.1) is 28.3 Å². The summed E-state index contributed by atoms with van der Waals surface area (Å²) in [6.07, 6.45) is -2.84. The lowest BCUT2D eigenvalue weighted by atomic mass is 9.98. The van der Waals surface area contributed by atoms with Crippen LogP contribution in [0, 0.1) is 0 Å². The number of carbonyl (C=O) groups is 1. The van der Waals surface area contributed by atoms with Gasteiger partial charge in [0, 0.05) is 53.1 Å². The number of carbonyl (C=O) groups excluding carboxylic acids is 1. The quantitative estimate of drug-likeness (QED) is 0.260. The number of hydrogen-bond acceptors (Lipinski definition) is 5. The first-order chi connectivity index (χ1) is 19.0. The summed E-state index contributed by atoms with van der Waals surface area (Å²) in [6.45, 7) is 5.90. The van der Waals surface area contributed by atoms with Crippen molar-refractivity contribution in [2.75, 3.05) is 36.9 Å². The SMILES string of the molecule is CN1CCN(c2cc(C(=O)Nc3ccc4nc(-c5ccc6cn[nH]c6c5)[nH]c4c3)cc(C(F)(F)F)c2)CC1(C)C. The summed E-state index contributed by atoms with van der Waals surface area (Å²) in [4.78, 5) is 25.2. The largest absolute Gasteiger partial charge is 0.416 e. The predicted octanol–water partition coefficient (Wildman–Crippen LogP) is 5.91. The van der Waals surface area contributed by atoms with Gasteiger partial charge in [-0.05, 0) is 63.4 Å². The third-order valence-corrected chi connectivity index (χ3v) is 7.64. The van der Waals surface area contributed by atoms with Gasteiger partial charge in [-0.15, -0.1) is 0 Å². The number of nitrogens with zero attached hydrogens (tertiary/aromatic N) is 4. The summed E-state index contributed by atoms with van der Waals surface area (Å²) in [5, 5.41) is 10.7. The van der Waals surface area contributed by atoms with Gasteiger partial charge in [-0.3, -0.25) is 14.8 Å². The van der Waals surface area contributed by atoms with Crippen LogP contribution in [0.1, 0.15) is 29.8 Å². The Morgan fingerprint density at radius 2 is 1.85 bits per heavy atom. The number of rotatable bonds is 4. The van der Waals surface area contributed by atoms with E-state index < -0.39 is 17.6 Å².